The first kappa shape index (κ1) is 19.1. The Balaban J connectivity index is 1.73. The summed E-state index contributed by atoms with van der Waals surface area (Å²) in [6.45, 7) is 2.55. The Labute approximate surface area is 178 Å². The van der Waals surface area contributed by atoms with Crippen molar-refractivity contribution in [2.45, 2.75) is 19.6 Å². The number of hydrogen-bond donors (Lipinski definition) is 0. The second kappa shape index (κ2) is 8.04. The molecule has 3 aromatic carbocycles. The average Bonchev–Trinajstić information content (AvgIpc) is 3.04. The molecule has 1 aromatic heterocycles. The quantitative estimate of drug-likeness (QED) is 0.334. The molecule has 0 fully saturated rings. The maximum Gasteiger partial charge on any atom is 0.153 e. The zero-order chi connectivity index (χ0) is 19.7. The molecule has 1 unspecified atom stereocenters. The van der Waals surface area contributed by atoms with Crippen LogP contribution in [0.2, 0.25) is 15.1 Å². The molecular formula is C22H17Cl3N2O. The maximum atomic E-state index is 6.41. The van der Waals surface area contributed by atoms with Crippen LogP contribution in [0.5, 0.6) is 5.75 Å². The van der Waals surface area contributed by atoms with Crippen LogP contribution in [0.25, 0.3) is 11.0 Å². The van der Waals surface area contributed by atoms with Gasteiger partial charge in [0.2, 0.25) is 0 Å². The van der Waals surface area contributed by atoms with Crippen LogP contribution in [-0.4, -0.2) is 9.55 Å². The first-order valence-corrected chi connectivity index (χ1v) is 9.96. The van der Waals surface area contributed by atoms with E-state index in [1.165, 1.54) is 0 Å². The van der Waals surface area contributed by atoms with Crippen LogP contribution >= 0.6 is 34.8 Å². The summed E-state index contributed by atoms with van der Waals surface area (Å²) in [6, 6.07) is 20.9. The Hall–Kier alpha value is -2.20. The zero-order valence-corrected chi connectivity index (χ0v) is 17.3. The molecule has 6 heteroatoms. The van der Waals surface area contributed by atoms with Gasteiger partial charge in [-0.3, -0.25) is 0 Å². The molecule has 0 saturated carbocycles. The van der Waals surface area contributed by atoms with Crippen LogP contribution in [-0.2, 0) is 6.54 Å². The van der Waals surface area contributed by atoms with E-state index in [0.29, 0.717) is 21.6 Å². The van der Waals surface area contributed by atoms with E-state index in [0.717, 1.165) is 28.2 Å². The third-order valence-corrected chi connectivity index (χ3v) is 5.36. The van der Waals surface area contributed by atoms with Gasteiger partial charge in [-0.1, -0.05) is 53.0 Å². The van der Waals surface area contributed by atoms with Gasteiger partial charge in [0.25, 0.3) is 0 Å². The predicted molar refractivity (Wildman–Crippen MR) is 116 cm³/mol. The first-order valence-electron chi connectivity index (χ1n) is 8.82. The Morgan fingerprint density at radius 2 is 1.64 bits per heavy atom. The number of aromatic nitrogens is 2. The summed E-state index contributed by atoms with van der Waals surface area (Å²) < 4.78 is 8.25. The molecule has 0 aliphatic carbocycles. The highest BCUT2D eigenvalue weighted by Gasteiger charge is 2.19. The minimum atomic E-state index is -0.264. The van der Waals surface area contributed by atoms with Crippen molar-refractivity contribution < 1.29 is 4.74 Å². The van der Waals surface area contributed by atoms with Gasteiger partial charge in [-0.25, -0.2) is 4.98 Å². The molecule has 3 nitrogen and oxygen atoms in total. The number of fused-ring (bicyclic) bond motifs is 1. The van der Waals surface area contributed by atoms with Crippen molar-refractivity contribution in [2.75, 3.05) is 0 Å². The number of hydrogen-bond acceptors (Lipinski definition) is 2. The molecule has 0 bridgehead atoms. The van der Waals surface area contributed by atoms with Gasteiger partial charge in [0.05, 0.1) is 17.6 Å². The second-order valence-corrected chi connectivity index (χ2v) is 7.77. The summed E-state index contributed by atoms with van der Waals surface area (Å²) in [4.78, 5) is 4.81. The van der Waals surface area contributed by atoms with E-state index in [9.17, 15) is 0 Å². The average molecular weight is 432 g/mol. The van der Waals surface area contributed by atoms with Crippen LogP contribution < -0.4 is 4.74 Å². The SMILES string of the molecule is CC(Oc1ccc(Cl)cc1)c1nc2ccccc2n1Cc1ccc(Cl)cc1Cl. The topological polar surface area (TPSA) is 27.1 Å². The van der Waals surface area contributed by atoms with Gasteiger partial charge < -0.3 is 9.30 Å². The van der Waals surface area contributed by atoms with E-state index in [-0.39, 0.29) is 6.10 Å². The lowest BCUT2D eigenvalue weighted by molar-refractivity contribution is 0.212. The standard InChI is InChI=1S/C22H17Cl3N2O/c1-14(28-18-10-8-16(23)9-11-18)22-26-20-4-2-3-5-21(20)27(22)13-15-6-7-17(24)12-19(15)25/h2-12,14H,13H2,1H3. The molecule has 28 heavy (non-hydrogen) atoms. The van der Waals surface area contributed by atoms with Crippen molar-refractivity contribution in [3.63, 3.8) is 0 Å². The lowest BCUT2D eigenvalue weighted by atomic mass is 10.2. The molecule has 0 spiro atoms. The van der Waals surface area contributed by atoms with Crippen molar-refractivity contribution in [2.24, 2.45) is 0 Å². The molecule has 4 rings (SSSR count). The molecular weight excluding hydrogens is 415 g/mol. The Kier molecular flexibility index (Phi) is 5.49. The zero-order valence-electron chi connectivity index (χ0n) is 15.1. The van der Waals surface area contributed by atoms with Crippen molar-refractivity contribution in [1.82, 2.24) is 9.55 Å². The van der Waals surface area contributed by atoms with E-state index < -0.39 is 0 Å². The summed E-state index contributed by atoms with van der Waals surface area (Å²) in [7, 11) is 0. The molecule has 0 radical (unpaired) electrons. The Morgan fingerprint density at radius 1 is 0.929 bits per heavy atom. The van der Waals surface area contributed by atoms with Gasteiger partial charge in [-0.05, 0) is 61.0 Å². The van der Waals surface area contributed by atoms with Gasteiger partial charge in [-0.15, -0.1) is 0 Å². The smallest absolute Gasteiger partial charge is 0.153 e. The molecule has 0 amide bonds. The Morgan fingerprint density at radius 3 is 2.39 bits per heavy atom. The highest BCUT2D eigenvalue weighted by atomic mass is 35.5. The molecule has 1 heterocycles. The van der Waals surface area contributed by atoms with E-state index in [1.54, 1.807) is 18.2 Å². The summed E-state index contributed by atoms with van der Waals surface area (Å²) in [5, 5.41) is 1.91. The van der Waals surface area contributed by atoms with Crippen LogP contribution in [0, 0.1) is 0 Å². The molecule has 0 aliphatic heterocycles. The third-order valence-electron chi connectivity index (χ3n) is 4.52. The van der Waals surface area contributed by atoms with Gasteiger partial charge in [0, 0.05) is 15.1 Å². The fourth-order valence-corrected chi connectivity index (χ4v) is 3.76. The van der Waals surface area contributed by atoms with Crippen LogP contribution in [0.4, 0.5) is 0 Å². The van der Waals surface area contributed by atoms with E-state index >= 15 is 0 Å². The van der Waals surface area contributed by atoms with Crippen molar-refractivity contribution in [3.05, 3.63) is 93.2 Å². The fraction of sp³-hybridized carbons (Fsp3) is 0.136. The summed E-state index contributed by atoms with van der Waals surface area (Å²) in [6.07, 6.45) is -0.264. The van der Waals surface area contributed by atoms with Gasteiger partial charge in [-0.2, -0.15) is 0 Å². The molecule has 0 saturated heterocycles. The molecule has 1 atom stereocenters. The summed E-state index contributed by atoms with van der Waals surface area (Å²) in [5.41, 5.74) is 2.90. The number of benzene rings is 3. The minimum Gasteiger partial charge on any atom is -0.483 e. The normalized spacial score (nSPS) is 12.3. The van der Waals surface area contributed by atoms with Gasteiger partial charge >= 0.3 is 0 Å². The number of halogens is 3. The number of ether oxygens (including phenoxy) is 1. The first-order chi connectivity index (χ1) is 13.5. The Bertz CT molecular complexity index is 1120. The van der Waals surface area contributed by atoms with Gasteiger partial charge in [0.15, 0.2) is 11.9 Å². The molecule has 0 aliphatic rings. The monoisotopic (exact) mass is 430 g/mol. The highest BCUT2D eigenvalue weighted by molar-refractivity contribution is 6.35. The van der Waals surface area contributed by atoms with Crippen LogP contribution in [0.1, 0.15) is 24.4 Å². The maximum absolute atomic E-state index is 6.41. The minimum absolute atomic E-state index is 0.264. The number of rotatable bonds is 5. The summed E-state index contributed by atoms with van der Waals surface area (Å²) >= 11 is 18.4. The summed E-state index contributed by atoms with van der Waals surface area (Å²) in [5.74, 6) is 1.56. The largest absolute Gasteiger partial charge is 0.483 e. The van der Waals surface area contributed by atoms with Crippen molar-refractivity contribution in [3.8, 4) is 5.75 Å². The fourth-order valence-electron chi connectivity index (χ4n) is 3.16. The molecule has 142 valence electrons. The van der Waals surface area contributed by atoms with Gasteiger partial charge in [0.1, 0.15) is 5.75 Å². The number of imidazole rings is 1. The van der Waals surface area contributed by atoms with Crippen molar-refractivity contribution >= 4 is 45.8 Å². The number of nitrogens with zero attached hydrogens (tertiary/aromatic N) is 2. The lowest BCUT2D eigenvalue weighted by Gasteiger charge is -2.17. The number of para-hydroxylation sites is 2. The highest BCUT2D eigenvalue weighted by Crippen LogP contribution is 2.29. The molecule has 4 aromatic rings. The predicted octanol–water partition coefficient (Wildman–Crippen LogP) is 7.18. The lowest BCUT2D eigenvalue weighted by Crippen LogP contribution is -2.13. The van der Waals surface area contributed by atoms with E-state index in [1.807, 2.05) is 55.5 Å². The van der Waals surface area contributed by atoms with Crippen LogP contribution in [0.15, 0.2) is 66.7 Å². The third kappa shape index (κ3) is 3.97. The van der Waals surface area contributed by atoms with E-state index in [4.69, 9.17) is 44.5 Å². The molecule has 0 N–H and O–H groups in total. The van der Waals surface area contributed by atoms with E-state index in [2.05, 4.69) is 4.57 Å². The van der Waals surface area contributed by atoms with Crippen molar-refractivity contribution in [1.29, 1.82) is 0 Å². The second-order valence-electron chi connectivity index (χ2n) is 6.49. The van der Waals surface area contributed by atoms with Crippen LogP contribution in [0.3, 0.4) is 0 Å².